The van der Waals surface area contributed by atoms with Crippen molar-refractivity contribution in [3.63, 3.8) is 0 Å². The SMILES string of the molecule is FC1(F)OC(Cl)C(Cl)O1. The van der Waals surface area contributed by atoms with Crippen LogP contribution in [0, 0.1) is 0 Å². The van der Waals surface area contributed by atoms with Crippen LogP contribution in [0.5, 0.6) is 0 Å². The zero-order valence-electron chi connectivity index (χ0n) is 3.98. The van der Waals surface area contributed by atoms with Crippen LogP contribution < -0.4 is 0 Å². The monoisotopic (exact) mass is 178 g/mol. The largest absolute Gasteiger partial charge is 0.488 e. The summed E-state index contributed by atoms with van der Waals surface area (Å²) in [7, 11) is 0. The van der Waals surface area contributed by atoms with E-state index in [9.17, 15) is 8.78 Å². The maximum absolute atomic E-state index is 11.8. The third kappa shape index (κ3) is 1.64. The Kier molecular flexibility index (Phi) is 1.82. The summed E-state index contributed by atoms with van der Waals surface area (Å²) in [5, 5.41) is 0. The van der Waals surface area contributed by atoms with E-state index in [1.807, 2.05) is 0 Å². The average molecular weight is 179 g/mol. The predicted octanol–water partition coefficient (Wildman–Crippen LogP) is 1.71. The molecule has 2 nitrogen and oxygen atoms in total. The van der Waals surface area contributed by atoms with Crippen LogP contribution in [0.1, 0.15) is 0 Å². The second-order valence-electron chi connectivity index (χ2n) is 1.40. The Labute approximate surface area is 59.6 Å². The standard InChI is InChI=1S/C3H2Cl2F2O2/c4-1-2(5)9-3(6,7)8-1/h1-2H. The summed E-state index contributed by atoms with van der Waals surface area (Å²) in [6.45, 7) is 0. The minimum absolute atomic E-state index is 1.28. The summed E-state index contributed by atoms with van der Waals surface area (Å²) in [4.78, 5) is 0. The fourth-order valence-corrected chi connectivity index (χ4v) is 0.707. The highest BCUT2D eigenvalue weighted by molar-refractivity contribution is 6.28. The van der Waals surface area contributed by atoms with E-state index in [1.54, 1.807) is 0 Å². The molecule has 1 fully saturated rings. The van der Waals surface area contributed by atoms with Gasteiger partial charge in [-0.1, -0.05) is 23.2 Å². The fourth-order valence-electron chi connectivity index (χ4n) is 0.397. The van der Waals surface area contributed by atoms with Gasteiger partial charge in [-0.25, -0.2) is 0 Å². The molecule has 0 N–H and O–H groups in total. The molecule has 9 heavy (non-hydrogen) atoms. The lowest BCUT2D eigenvalue weighted by atomic mass is 10.8. The first-order valence-electron chi connectivity index (χ1n) is 2.03. The molecule has 0 radical (unpaired) electrons. The molecule has 0 saturated carbocycles. The van der Waals surface area contributed by atoms with Crippen molar-refractivity contribution < 1.29 is 18.3 Å². The van der Waals surface area contributed by atoms with Gasteiger partial charge in [0.05, 0.1) is 0 Å². The maximum Gasteiger partial charge on any atom is 0.488 e. The Morgan fingerprint density at radius 3 is 1.56 bits per heavy atom. The third-order valence-corrected chi connectivity index (χ3v) is 1.47. The van der Waals surface area contributed by atoms with E-state index in [4.69, 9.17) is 23.2 Å². The second kappa shape index (κ2) is 2.20. The Morgan fingerprint density at radius 2 is 1.44 bits per heavy atom. The number of rotatable bonds is 0. The van der Waals surface area contributed by atoms with Gasteiger partial charge in [-0.05, 0) is 0 Å². The first-order valence-corrected chi connectivity index (χ1v) is 2.90. The fraction of sp³-hybridized carbons (Fsp3) is 1.00. The highest BCUT2D eigenvalue weighted by atomic mass is 35.5. The van der Waals surface area contributed by atoms with Crippen molar-refractivity contribution >= 4 is 23.2 Å². The molecule has 0 amide bonds. The molecule has 0 aromatic heterocycles. The first kappa shape index (κ1) is 7.47. The summed E-state index contributed by atoms with van der Waals surface area (Å²) in [6, 6.07) is 0. The Hall–Kier alpha value is 0.360. The summed E-state index contributed by atoms with van der Waals surface area (Å²) < 4.78 is 31.1. The molecule has 6 heteroatoms. The molecular formula is C3H2Cl2F2O2. The van der Waals surface area contributed by atoms with Gasteiger partial charge in [-0.15, -0.1) is 8.78 Å². The molecule has 1 heterocycles. The van der Waals surface area contributed by atoms with Gasteiger partial charge in [0.2, 0.25) is 0 Å². The lowest BCUT2D eigenvalue weighted by Gasteiger charge is -2.02. The van der Waals surface area contributed by atoms with E-state index in [1.165, 1.54) is 0 Å². The number of ether oxygens (including phenoxy) is 2. The van der Waals surface area contributed by atoms with Gasteiger partial charge in [0.15, 0.2) is 11.1 Å². The number of hydrogen-bond acceptors (Lipinski definition) is 2. The topological polar surface area (TPSA) is 18.5 Å². The van der Waals surface area contributed by atoms with Crippen LogP contribution in [0.4, 0.5) is 8.78 Å². The molecule has 1 rings (SSSR count). The van der Waals surface area contributed by atoms with Gasteiger partial charge in [0.1, 0.15) is 0 Å². The lowest BCUT2D eigenvalue weighted by molar-refractivity contribution is -0.344. The van der Waals surface area contributed by atoms with E-state index in [0.717, 1.165) is 0 Å². The van der Waals surface area contributed by atoms with Crippen molar-refractivity contribution in [2.24, 2.45) is 0 Å². The highest BCUT2D eigenvalue weighted by Crippen LogP contribution is 2.34. The van der Waals surface area contributed by atoms with Gasteiger partial charge >= 0.3 is 6.29 Å². The second-order valence-corrected chi connectivity index (χ2v) is 2.26. The number of hydrogen-bond donors (Lipinski definition) is 0. The molecule has 54 valence electrons. The third-order valence-electron chi connectivity index (χ3n) is 0.706. The van der Waals surface area contributed by atoms with Gasteiger partial charge in [-0.2, -0.15) is 0 Å². The zero-order valence-corrected chi connectivity index (χ0v) is 5.49. The lowest BCUT2D eigenvalue weighted by Crippen LogP contribution is -2.15. The summed E-state index contributed by atoms with van der Waals surface area (Å²) in [5.41, 5.74) is -2.55. The maximum atomic E-state index is 11.8. The Morgan fingerprint density at radius 1 is 1.11 bits per heavy atom. The molecule has 0 spiro atoms. The molecule has 0 aromatic rings. The van der Waals surface area contributed by atoms with Crippen molar-refractivity contribution in [2.75, 3.05) is 0 Å². The average Bonchev–Trinajstić information content (AvgIpc) is 1.79. The highest BCUT2D eigenvalue weighted by Gasteiger charge is 2.48. The van der Waals surface area contributed by atoms with Crippen LogP contribution >= 0.6 is 23.2 Å². The van der Waals surface area contributed by atoms with Gasteiger partial charge in [0, 0.05) is 0 Å². The minimum Gasteiger partial charge on any atom is -0.272 e. The molecule has 2 atom stereocenters. The van der Waals surface area contributed by atoms with Crippen molar-refractivity contribution in [2.45, 2.75) is 17.4 Å². The van der Waals surface area contributed by atoms with Crippen molar-refractivity contribution in [1.82, 2.24) is 0 Å². The van der Waals surface area contributed by atoms with Gasteiger partial charge in [0.25, 0.3) is 0 Å². The van der Waals surface area contributed by atoms with E-state index in [2.05, 4.69) is 9.47 Å². The Bertz CT molecular complexity index is 108. The molecule has 2 unspecified atom stereocenters. The summed E-state index contributed by atoms with van der Waals surface area (Å²) in [6.07, 6.45) is -3.63. The van der Waals surface area contributed by atoms with E-state index in [0.29, 0.717) is 0 Å². The molecule has 0 aromatic carbocycles. The number of alkyl halides is 4. The molecule has 1 saturated heterocycles. The van der Waals surface area contributed by atoms with E-state index < -0.39 is 17.4 Å². The minimum atomic E-state index is -3.63. The van der Waals surface area contributed by atoms with Crippen LogP contribution in [0.15, 0.2) is 0 Å². The van der Waals surface area contributed by atoms with Crippen LogP contribution in [0.2, 0.25) is 0 Å². The quantitative estimate of drug-likeness (QED) is 0.527. The predicted molar refractivity (Wildman–Crippen MR) is 26.4 cm³/mol. The van der Waals surface area contributed by atoms with Crippen molar-refractivity contribution in [1.29, 1.82) is 0 Å². The van der Waals surface area contributed by atoms with Crippen LogP contribution in [0.25, 0.3) is 0 Å². The van der Waals surface area contributed by atoms with Crippen LogP contribution in [0.3, 0.4) is 0 Å². The molecule has 1 aliphatic heterocycles. The molecular weight excluding hydrogens is 177 g/mol. The van der Waals surface area contributed by atoms with E-state index in [-0.39, 0.29) is 0 Å². The smallest absolute Gasteiger partial charge is 0.272 e. The zero-order chi connectivity index (χ0) is 7.07. The van der Waals surface area contributed by atoms with Crippen molar-refractivity contribution in [3.05, 3.63) is 0 Å². The van der Waals surface area contributed by atoms with E-state index >= 15 is 0 Å². The van der Waals surface area contributed by atoms with Crippen molar-refractivity contribution in [3.8, 4) is 0 Å². The first-order chi connectivity index (χ1) is 4.01. The van der Waals surface area contributed by atoms with Crippen LogP contribution in [-0.4, -0.2) is 17.4 Å². The molecule has 1 aliphatic rings. The van der Waals surface area contributed by atoms with Gasteiger partial charge in [-0.3, -0.25) is 9.47 Å². The molecule has 0 bridgehead atoms. The summed E-state index contributed by atoms with van der Waals surface area (Å²) in [5.74, 6) is 0. The van der Waals surface area contributed by atoms with Gasteiger partial charge < -0.3 is 0 Å². The summed E-state index contributed by atoms with van der Waals surface area (Å²) >= 11 is 10.2. The Balaban J connectivity index is 2.54. The molecule has 0 aliphatic carbocycles. The normalized spacial score (nSPS) is 41.3. The van der Waals surface area contributed by atoms with Crippen LogP contribution in [-0.2, 0) is 9.47 Å². The number of halogens is 4.